The summed E-state index contributed by atoms with van der Waals surface area (Å²) in [5, 5.41) is 2.66. The highest BCUT2D eigenvalue weighted by Gasteiger charge is 2.17. The van der Waals surface area contributed by atoms with Crippen molar-refractivity contribution in [1.29, 1.82) is 0 Å². The molecule has 0 aliphatic carbocycles. The Morgan fingerprint density at radius 2 is 1.64 bits per heavy atom. The molecule has 0 radical (unpaired) electrons. The Morgan fingerprint density at radius 1 is 1.00 bits per heavy atom. The number of carbonyl (C=O) groups is 2. The monoisotopic (exact) mass is 384 g/mol. The highest BCUT2D eigenvalue weighted by molar-refractivity contribution is 5.91. The molecule has 28 heavy (non-hydrogen) atoms. The summed E-state index contributed by atoms with van der Waals surface area (Å²) in [6.45, 7) is 8.02. The van der Waals surface area contributed by atoms with E-state index in [1.807, 2.05) is 54.6 Å². The lowest BCUT2D eigenvalue weighted by Crippen LogP contribution is -2.39. The third-order valence-corrected chi connectivity index (χ3v) is 3.78. The normalized spacial score (nSPS) is 10.9. The van der Waals surface area contributed by atoms with Crippen molar-refractivity contribution in [3.05, 3.63) is 60.2 Å². The van der Waals surface area contributed by atoms with Crippen molar-refractivity contribution in [2.45, 2.75) is 39.9 Å². The van der Waals surface area contributed by atoms with Gasteiger partial charge in [0.1, 0.15) is 18.0 Å². The molecule has 6 nitrogen and oxygen atoms in total. The lowest BCUT2D eigenvalue weighted by Gasteiger charge is -2.23. The molecule has 2 amide bonds. The molecular formula is C22H28N2O4. The lowest BCUT2D eigenvalue weighted by molar-refractivity contribution is -0.116. The first-order valence-electron chi connectivity index (χ1n) is 9.26. The van der Waals surface area contributed by atoms with Gasteiger partial charge in [0, 0.05) is 25.7 Å². The number of ether oxygens (including phenoxy) is 2. The second kappa shape index (κ2) is 9.78. The Balaban J connectivity index is 1.89. The number of alkyl carbamates (subject to hydrolysis) is 1. The standard InChI is InChI=1S/C22H28N2O4/c1-17(25)24(15-14-23-21(26)28-22(2,3)4)19-10-12-20(13-11-19)27-16-18-8-6-5-7-9-18/h5-13H,14-16H2,1-4H3,(H,23,26). The SMILES string of the molecule is CC(=O)N(CCNC(=O)OC(C)(C)C)c1ccc(OCc2ccccc2)cc1. The number of nitrogens with zero attached hydrogens (tertiary/aromatic N) is 1. The van der Waals surface area contributed by atoms with Crippen molar-refractivity contribution < 1.29 is 19.1 Å². The Bertz CT molecular complexity index is 767. The molecule has 0 spiro atoms. The zero-order chi connectivity index (χ0) is 20.6. The first-order chi connectivity index (χ1) is 13.2. The smallest absolute Gasteiger partial charge is 0.407 e. The summed E-state index contributed by atoms with van der Waals surface area (Å²) < 4.78 is 11.0. The van der Waals surface area contributed by atoms with E-state index in [0.717, 1.165) is 17.0 Å². The molecule has 0 atom stereocenters. The Morgan fingerprint density at radius 3 is 2.21 bits per heavy atom. The van der Waals surface area contributed by atoms with Crippen LogP contribution in [0.2, 0.25) is 0 Å². The van der Waals surface area contributed by atoms with Crippen LogP contribution < -0.4 is 15.0 Å². The maximum Gasteiger partial charge on any atom is 0.407 e. The van der Waals surface area contributed by atoms with Crippen molar-refractivity contribution in [3.63, 3.8) is 0 Å². The zero-order valence-corrected chi connectivity index (χ0v) is 16.9. The van der Waals surface area contributed by atoms with Gasteiger partial charge in [0.05, 0.1) is 0 Å². The molecule has 0 aliphatic rings. The molecule has 0 saturated carbocycles. The van der Waals surface area contributed by atoms with Crippen LogP contribution >= 0.6 is 0 Å². The molecule has 0 heterocycles. The predicted molar refractivity (Wildman–Crippen MR) is 109 cm³/mol. The molecule has 0 aromatic heterocycles. The minimum atomic E-state index is -0.556. The van der Waals surface area contributed by atoms with Crippen LogP contribution in [-0.4, -0.2) is 30.7 Å². The third kappa shape index (κ3) is 7.31. The summed E-state index contributed by atoms with van der Waals surface area (Å²) in [7, 11) is 0. The van der Waals surface area contributed by atoms with Gasteiger partial charge in [0.2, 0.25) is 5.91 Å². The van der Waals surface area contributed by atoms with Crippen molar-refractivity contribution in [2.24, 2.45) is 0 Å². The summed E-state index contributed by atoms with van der Waals surface area (Å²) in [5.74, 6) is 0.618. The maximum atomic E-state index is 12.0. The minimum Gasteiger partial charge on any atom is -0.489 e. The number of nitrogens with one attached hydrogen (secondary N) is 1. The number of amides is 2. The van der Waals surface area contributed by atoms with E-state index < -0.39 is 11.7 Å². The van der Waals surface area contributed by atoms with E-state index >= 15 is 0 Å². The van der Waals surface area contributed by atoms with Crippen LogP contribution in [0.5, 0.6) is 5.75 Å². The molecule has 0 fully saturated rings. The number of hydrogen-bond acceptors (Lipinski definition) is 4. The summed E-state index contributed by atoms with van der Waals surface area (Å²) in [6, 6.07) is 17.2. The summed E-state index contributed by atoms with van der Waals surface area (Å²) in [5.41, 5.74) is 1.27. The van der Waals surface area contributed by atoms with E-state index in [1.165, 1.54) is 6.92 Å². The average Bonchev–Trinajstić information content (AvgIpc) is 2.63. The van der Waals surface area contributed by atoms with Crippen LogP contribution in [0.1, 0.15) is 33.3 Å². The van der Waals surface area contributed by atoms with Gasteiger partial charge in [-0.25, -0.2) is 4.79 Å². The van der Waals surface area contributed by atoms with Gasteiger partial charge in [-0.2, -0.15) is 0 Å². The highest BCUT2D eigenvalue weighted by atomic mass is 16.6. The van der Waals surface area contributed by atoms with Gasteiger partial charge in [0.15, 0.2) is 0 Å². The fraction of sp³-hybridized carbons (Fsp3) is 0.364. The number of rotatable bonds is 7. The fourth-order valence-corrected chi connectivity index (χ4v) is 2.52. The van der Waals surface area contributed by atoms with Crippen LogP contribution in [0.15, 0.2) is 54.6 Å². The molecule has 2 aromatic rings. The van der Waals surface area contributed by atoms with E-state index in [0.29, 0.717) is 19.7 Å². The molecule has 2 aromatic carbocycles. The van der Waals surface area contributed by atoms with Crippen LogP contribution in [0.4, 0.5) is 10.5 Å². The number of anilines is 1. The first-order valence-corrected chi connectivity index (χ1v) is 9.26. The number of benzene rings is 2. The van der Waals surface area contributed by atoms with E-state index in [2.05, 4.69) is 5.32 Å². The Kier molecular flexibility index (Phi) is 7.44. The Labute approximate surface area is 166 Å². The van der Waals surface area contributed by atoms with E-state index in [1.54, 1.807) is 25.7 Å². The molecule has 6 heteroatoms. The van der Waals surface area contributed by atoms with Gasteiger partial charge >= 0.3 is 6.09 Å². The van der Waals surface area contributed by atoms with Gasteiger partial charge < -0.3 is 19.7 Å². The first kappa shape index (κ1) is 21.3. The van der Waals surface area contributed by atoms with E-state index in [9.17, 15) is 9.59 Å². The minimum absolute atomic E-state index is 0.107. The highest BCUT2D eigenvalue weighted by Crippen LogP contribution is 2.20. The van der Waals surface area contributed by atoms with Crippen LogP contribution in [0.3, 0.4) is 0 Å². The summed E-state index contributed by atoms with van der Waals surface area (Å²) in [6.07, 6.45) is -0.499. The fourth-order valence-electron chi connectivity index (χ4n) is 2.52. The predicted octanol–water partition coefficient (Wildman–Crippen LogP) is 4.14. The van der Waals surface area contributed by atoms with Crippen molar-refractivity contribution in [2.75, 3.05) is 18.0 Å². The summed E-state index contributed by atoms with van der Waals surface area (Å²) >= 11 is 0. The van der Waals surface area contributed by atoms with E-state index in [4.69, 9.17) is 9.47 Å². The second-order valence-corrected chi connectivity index (χ2v) is 7.37. The van der Waals surface area contributed by atoms with Crippen molar-refractivity contribution in [3.8, 4) is 5.75 Å². The average molecular weight is 384 g/mol. The summed E-state index contributed by atoms with van der Waals surface area (Å²) in [4.78, 5) is 25.3. The maximum absolute atomic E-state index is 12.0. The van der Waals surface area contributed by atoms with Gasteiger partial charge in [0.25, 0.3) is 0 Å². The molecule has 2 rings (SSSR count). The van der Waals surface area contributed by atoms with E-state index in [-0.39, 0.29) is 5.91 Å². The molecule has 0 saturated heterocycles. The second-order valence-electron chi connectivity index (χ2n) is 7.37. The largest absolute Gasteiger partial charge is 0.489 e. The van der Waals surface area contributed by atoms with Crippen LogP contribution in [0, 0.1) is 0 Å². The number of carbonyl (C=O) groups excluding carboxylic acids is 2. The van der Waals surface area contributed by atoms with Gasteiger partial charge in [-0.15, -0.1) is 0 Å². The van der Waals surface area contributed by atoms with Crippen molar-refractivity contribution in [1.82, 2.24) is 5.32 Å². The zero-order valence-electron chi connectivity index (χ0n) is 16.9. The van der Waals surface area contributed by atoms with Crippen LogP contribution in [-0.2, 0) is 16.1 Å². The lowest BCUT2D eigenvalue weighted by atomic mass is 10.2. The molecule has 1 N–H and O–H groups in total. The van der Waals surface area contributed by atoms with Crippen molar-refractivity contribution >= 4 is 17.7 Å². The van der Waals surface area contributed by atoms with Gasteiger partial charge in [-0.3, -0.25) is 4.79 Å². The topological polar surface area (TPSA) is 67.9 Å². The quantitative estimate of drug-likeness (QED) is 0.779. The molecule has 150 valence electrons. The molecule has 0 aliphatic heterocycles. The Hall–Kier alpha value is -3.02. The third-order valence-electron chi connectivity index (χ3n) is 3.78. The van der Waals surface area contributed by atoms with Gasteiger partial charge in [-0.05, 0) is 50.6 Å². The molecule has 0 unspecified atom stereocenters. The van der Waals surface area contributed by atoms with Gasteiger partial charge in [-0.1, -0.05) is 30.3 Å². The van der Waals surface area contributed by atoms with Crippen LogP contribution in [0.25, 0.3) is 0 Å². The molecular weight excluding hydrogens is 356 g/mol. The number of hydrogen-bond donors (Lipinski definition) is 1. The molecule has 0 bridgehead atoms.